The second kappa shape index (κ2) is 10.0. The average molecular weight is 522 g/mol. The SMILES string of the molecule is O=C(N[C@H](C(=O)N1CCN(C(=O)c2cccs2)CC1)S(=O)(=O)c1ccc(F)cc1)c1cccs1. The summed E-state index contributed by atoms with van der Waals surface area (Å²) in [4.78, 5) is 42.0. The van der Waals surface area contributed by atoms with Gasteiger partial charge in [-0.25, -0.2) is 12.8 Å². The Bertz CT molecular complexity index is 1270. The van der Waals surface area contributed by atoms with Crippen LogP contribution in [0, 0.1) is 5.82 Å². The number of sulfone groups is 1. The topological polar surface area (TPSA) is 104 Å². The number of hydrogen-bond acceptors (Lipinski definition) is 7. The van der Waals surface area contributed by atoms with Crippen molar-refractivity contribution in [2.24, 2.45) is 0 Å². The van der Waals surface area contributed by atoms with Crippen LogP contribution >= 0.6 is 22.7 Å². The van der Waals surface area contributed by atoms with Gasteiger partial charge in [0, 0.05) is 26.2 Å². The third kappa shape index (κ3) is 5.03. The first-order valence-electron chi connectivity index (χ1n) is 10.2. The van der Waals surface area contributed by atoms with E-state index in [1.54, 1.807) is 33.9 Å². The zero-order valence-corrected chi connectivity index (χ0v) is 20.2. The van der Waals surface area contributed by atoms with E-state index in [1.807, 2.05) is 0 Å². The number of nitrogens with one attached hydrogen (secondary N) is 1. The molecule has 178 valence electrons. The molecule has 0 spiro atoms. The number of carbonyl (C=O) groups excluding carboxylic acids is 3. The Morgan fingerprint density at radius 2 is 1.41 bits per heavy atom. The van der Waals surface area contributed by atoms with E-state index in [2.05, 4.69) is 5.32 Å². The lowest BCUT2D eigenvalue weighted by Gasteiger charge is -2.36. The van der Waals surface area contributed by atoms with Crippen molar-refractivity contribution < 1.29 is 27.2 Å². The van der Waals surface area contributed by atoms with E-state index in [0.717, 1.165) is 35.6 Å². The van der Waals surface area contributed by atoms with Crippen molar-refractivity contribution in [1.29, 1.82) is 0 Å². The largest absolute Gasteiger partial charge is 0.336 e. The van der Waals surface area contributed by atoms with Gasteiger partial charge in [-0.15, -0.1) is 22.7 Å². The minimum Gasteiger partial charge on any atom is -0.336 e. The smallest absolute Gasteiger partial charge is 0.264 e. The molecular weight excluding hydrogens is 501 g/mol. The second-order valence-corrected chi connectivity index (χ2v) is 11.4. The Morgan fingerprint density at radius 1 is 0.853 bits per heavy atom. The summed E-state index contributed by atoms with van der Waals surface area (Å²) in [5.74, 6) is -2.29. The molecule has 34 heavy (non-hydrogen) atoms. The fourth-order valence-corrected chi connectivity index (χ4v) is 6.26. The lowest BCUT2D eigenvalue weighted by molar-refractivity contribution is -0.132. The molecule has 1 saturated heterocycles. The van der Waals surface area contributed by atoms with Crippen molar-refractivity contribution in [3.8, 4) is 0 Å². The highest BCUT2D eigenvalue weighted by Crippen LogP contribution is 2.20. The molecule has 12 heteroatoms. The number of rotatable bonds is 6. The summed E-state index contributed by atoms with van der Waals surface area (Å²) in [6.45, 7) is 0.676. The van der Waals surface area contributed by atoms with Gasteiger partial charge in [-0.3, -0.25) is 14.4 Å². The minimum atomic E-state index is -4.38. The number of carbonyl (C=O) groups is 3. The van der Waals surface area contributed by atoms with E-state index in [-0.39, 0.29) is 41.9 Å². The van der Waals surface area contributed by atoms with Gasteiger partial charge in [0.15, 0.2) is 0 Å². The summed E-state index contributed by atoms with van der Waals surface area (Å²) in [5, 5.41) is 3.91. The Kier molecular flexibility index (Phi) is 7.10. The maximum Gasteiger partial charge on any atom is 0.264 e. The van der Waals surface area contributed by atoms with Crippen molar-refractivity contribution in [2.45, 2.75) is 10.3 Å². The zero-order chi connectivity index (χ0) is 24.3. The van der Waals surface area contributed by atoms with Gasteiger partial charge in [-0.2, -0.15) is 0 Å². The summed E-state index contributed by atoms with van der Waals surface area (Å²) >= 11 is 2.43. The van der Waals surface area contributed by atoms with E-state index in [4.69, 9.17) is 0 Å². The molecule has 1 aliphatic rings. The van der Waals surface area contributed by atoms with Crippen molar-refractivity contribution >= 4 is 50.2 Å². The Balaban J connectivity index is 1.55. The number of piperazine rings is 1. The van der Waals surface area contributed by atoms with E-state index >= 15 is 0 Å². The van der Waals surface area contributed by atoms with Gasteiger partial charge in [0.2, 0.25) is 15.2 Å². The number of halogens is 1. The van der Waals surface area contributed by atoms with Crippen molar-refractivity contribution in [3.63, 3.8) is 0 Å². The fraction of sp³-hybridized carbons (Fsp3) is 0.227. The summed E-state index contributed by atoms with van der Waals surface area (Å²) in [6, 6.07) is 10.7. The molecular formula is C22H20FN3O5S3. The van der Waals surface area contributed by atoms with Crippen LogP contribution in [0.2, 0.25) is 0 Å². The van der Waals surface area contributed by atoms with Gasteiger partial charge in [-0.1, -0.05) is 12.1 Å². The summed E-state index contributed by atoms with van der Waals surface area (Å²) in [6.07, 6.45) is 0. The number of amides is 3. The molecule has 1 N–H and O–H groups in total. The van der Waals surface area contributed by atoms with Crippen LogP contribution in [0.4, 0.5) is 4.39 Å². The van der Waals surface area contributed by atoms with Crippen LogP contribution in [-0.4, -0.2) is 67.5 Å². The molecule has 1 fully saturated rings. The van der Waals surface area contributed by atoms with E-state index in [9.17, 15) is 27.2 Å². The zero-order valence-electron chi connectivity index (χ0n) is 17.7. The first-order valence-corrected chi connectivity index (χ1v) is 13.5. The molecule has 1 atom stereocenters. The van der Waals surface area contributed by atoms with Crippen LogP contribution in [0.3, 0.4) is 0 Å². The normalized spacial score (nSPS) is 15.1. The molecule has 8 nitrogen and oxygen atoms in total. The predicted octanol–water partition coefficient (Wildman–Crippen LogP) is 2.46. The molecule has 3 heterocycles. The standard InChI is InChI=1S/C22H20FN3O5S3/c23-15-5-7-16(8-6-15)34(30,31)20(24-19(27)17-3-1-13-32-17)22(29)26-11-9-25(10-12-26)21(28)18-4-2-14-33-18/h1-8,13-14,20H,9-12H2,(H,24,27)/t20-/m0/s1. The molecule has 0 unspecified atom stereocenters. The van der Waals surface area contributed by atoms with E-state index in [1.165, 1.54) is 22.3 Å². The molecule has 2 aromatic heterocycles. The van der Waals surface area contributed by atoms with E-state index < -0.39 is 32.8 Å². The average Bonchev–Trinajstić information content (AvgIpc) is 3.57. The predicted molar refractivity (Wildman–Crippen MR) is 126 cm³/mol. The maximum absolute atomic E-state index is 13.4. The van der Waals surface area contributed by atoms with Gasteiger partial charge in [-0.05, 0) is 47.2 Å². The van der Waals surface area contributed by atoms with Crippen LogP contribution < -0.4 is 5.32 Å². The van der Waals surface area contributed by atoms with Gasteiger partial charge < -0.3 is 15.1 Å². The minimum absolute atomic E-state index is 0.111. The second-order valence-electron chi connectivity index (χ2n) is 7.42. The van der Waals surface area contributed by atoms with Crippen LogP contribution in [0.1, 0.15) is 19.3 Å². The number of thiophene rings is 2. The molecule has 0 saturated carbocycles. The maximum atomic E-state index is 13.4. The quantitative estimate of drug-likeness (QED) is 0.502. The summed E-state index contributed by atoms with van der Waals surface area (Å²) in [7, 11) is -4.38. The Hall–Kier alpha value is -3.09. The molecule has 0 radical (unpaired) electrons. The molecule has 1 aliphatic heterocycles. The molecule has 0 bridgehead atoms. The third-order valence-corrected chi connectivity index (χ3v) is 8.89. The first kappa shape index (κ1) is 24.0. The number of benzene rings is 1. The monoisotopic (exact) mass is 521 g/mol. The van der Waals surface area contributed by atoms with Gasteiger partial charge in [0.05, 0.1) is 14.6 Å². The summed E-state index contributed by atoms with van der Waals surface area (Å²) < 4.78 is 40.0. The molecule has 3 aromatic rings. The lowest BCUT2D eigenvalue weighted by atomic mass is 10.3. The molecule has 4 rings (SSSR count). The van der Waals surface area contributed by atoms with Crippen LogP contribution in [0.25, 0.3) is 0 Å². The Morgan fingerprint density at radius 3 is 1.97 bits per heavy atom. The van der Waals surface area contributed by atoms with Crippen LogP contribution in [0.15, 0.2) is 64.2 Å². The fourth-order valence-electron chi connectivity index (χ4n) is 3.48. The van der Waals surface area contributed by atoms with Crippen molar-refractivity contribution in [2.75, 3.05) is 26.2 Å². The van der Waals surface area contributed by atoms with Crippen molar-refractivity contribution in [1.82, 2.24) is 15.1 Å². The first-order chi connectivity index (χ1) is 16.3. The number of hydrogen-bond donors (Lipinski definition) is 1. The molecule has 0 aliphatic carbocycles. The highest BCUT2D eigenvalue weighted by molar-refractivity contribution is 7.92. The molecule has 1 aromatic carbocycles. The van der Waals surface area contributed by atoms with Crippen LogP contribution in [0.5, 0.6) is 0 Å². The van der Waals surface area contributed by atoms with Crippen LogP contribution in [-0.2, 0) is 14.6 Å². The summed E-state index contributed by atoms with van der Waals surface area (Å²) in [5.41, 5.74) is 0. The van der Waals surface area contributed by atoms with Gasteiger partial charge >= 0.3 is 0 Å². The van der Waals surface area contributed by atoms with Crippen molar-refractivity contribution in [3.05, 3.63) is 74.9 Å². The number of nitrogens with zero attached hydrogens (tertiary/aromatic N) is 2. The molecule has 3 amide bonds. The Labute approximate surface area is 203 Å². The van der Waals surface area contributed by atoms with Gasteiger partial charge in [0.1, 0.15) is 5.82 Å². The van der Waals surface area contributed by atoms with E-state index in [0.29, 0.717) is 4.88 Å². The highest BCUT2D eigenvalue weighted by atomic mass is 32.2. The lowest BCUT2D eigenvalue weighted by Crippen LogP contribution is -2.57. The third-order valence-electron chi connectivity index (χ3n) is 5.29. The van der Waals surface area contributed by atoms with Gasteiger partial charge in [0.25, 0.3) is 17.7 Å². The highest BCUT2D eigenvalue weighted by Gasteiger charge is 2.39.